The summed E-state index contributed by atoms with van der Waals surface area (Å²) in [6.45, 7) is 11.6. The molecule has 0 radical (unpaired) electrons. The minimum atomic E-state index is -0.409. The highest BCUT2D eigenvalue weighted by Gasteiger charge is 2.25. The summed E-state index contributed by atoms with van der Waals surface area (Å²) in [6, 6.07) is 6.59. The monoisotopic (exact) mass is 324 g/mol. The summed E-state index contributed by atoms with van der Waals surface area (Å²) in [5.41, 5.74) is 0.986. The fourth-order valence-corrected chi connectivity index (χ4v) is 2.78. The van der Waals surface area contributed by atoms with Crippen LogP contribution in [0.25, 0.3) is 0 Å². The van der Waals surface area contributed by atoms with Crippen LogP contribution in [-0.2, 0) is 11.3 Å². The van der Waals surface area contributed by atoms with Crippen molar-refractivity contribution in [1.29, 1.82) is 0 Å². The smallest absolute Gasteiger partial charge is 0.123 e. The maximum atomic E-state index is 13.1. The van der Waals surface area contributed by atoms with E-state index in [9.17, 15) is 9.50 Å². The second-order valence-corrected chi connectivity index (χ2v) is 7.24. The molecule has 1 aromatic rings. The zero-order valence-corrected chi connectivity index (χ0v) is 14.5. The maximum absolute atomic E-state index is 13.1. The van der Waals surface area contributed by atoms with Crippen LogP contribution in [0.1, 0.15) is 26.3 Å². The van der Waals surface area contributed by atoms with E-state index in [1.54, 1.807) is 0 Å². The number of morpholine rings is 1. The minimum Gasteiger partial charge on any atom is -0.390 e. The second kappa shape index (κ2) is 8.20. The number of aliphatic hydroxyl groups is 1. The first-order valence-electron chi connectivity index (χ1n) is 8.32. The third-order valence-electron chi connectivity index (χ3n) is 4.24. The van der Waals surface area contributed by atoms with Crippen LogP contribution in [0.15, 0.2) is 24.3 Å². The molecule has 0 aliphatic carbocycles. The molecular formula is C18H29FN2O2. The molecule has 1 aliphatic rings. The van der Waals surface area contributed by atoms with Gasteiger partial charge in [-0.25, -0.2) is 4.39 Å². The number of aliphatic hydroxyl groups excluding tert-OH is 1. The lowest BCUT2D eigenvalue weighted by molar-refractivity contribution is -0.00458. The van der Waals surface area contributed by atoms with Gasteiger partial charge in [0.15, 0.2) is 0 Å². The predicted octanol–water partition coefficient (Wildman–Crippen LogP) is 2.12. The molecule has 0 aromatic heterocycles. The van der Waals surface area contributed by atoms with Crippen LogP contribution in [0.5, 0.6) is 0 Å². The van der Waals surface area contributed by atoms with Crippen LogP contribution in [0.2, 0.25) is 0 Å². The highest BCUT2D eigenvalue weighted by molar-refractivity contribution is 5.16. The quantitative estimate of drug-likeness (QED) is 0.869. The molecule has 0 spiro atoms. The predicted molar refractivity (Wildman–Crippen MR) is 89.8 cm³/mol. The molecule has 1 unspecified atom stereocenters. The van der Waals surface area contributed by atoms with Gasteiger partial charge in [-0.2, -0.15) is 0 Å². The van der Waals surface area contributed by atoms with E-state index in [0.29, 0.717) is 19.6 Å². The summed E-state index contributed by atoms with van der Waals surface area (Å²) in [6.07, 6.45) is -0.409. The number of halogens is 1. The zero-order chi connectivity index (χ0) is 16.9. The van der Waals surface area contributed by atoms with Crippen LogP contribution in [0.4, 0.5) is 4.39 Å². The summed E-state index contributed by atoms with van der Waals surface area (Å²) in [4.78, 5) is 4.48. The lowest BCUT2D eigenvalue weighted by Gasteiger charge is -2.38. The largest absolute Gasteiger partial charge is 0.390 e. The highest BCUT2D eigenvalue weighted by Crippen LogP contribution is 2.18. The Bertz CT molecular complexity index is 467. The van der Waals surface area contributed by atoms with Gasteiger partial charge in [-0.1, -0.05) is 12.1 Å². The first kappa shape index (κ1) is 18.3. The van der Waals surface area contributed by atoms with E-state index in [-0.39, 0.29) is 11.4 Å². The van der Waals surface area contributed by atoms with E-state index >= 15 is 0 Å². The van der Waals surface area contributed by atoms with Crippen molar-refractivity contribution < 1.29 is 14.2 Å². The van der Waals surface area contributed by atoms with Gasteiger partial charge in [0.05, 0.1) is 19.3 Å². The topological polar surface area (TPSA) is 35.9 Å². The van der Waals surface area contributed by atoms with Crippen molar-refractivity contribution in [3.63, 3.8) is 0 Å². The van der Waals surface area contributed by atoms with E-state index < -0.39 is 6.10 Å². The van der Waals surface area contributed by atoms with Crippen molar-refractivity contribution >= 4 is 0 Å². The number of nitrogens with zero attached hydrogens (tertiary/aromatic N) is 2. The second-order valence-electron chi connectivity index (χ2n) is 7.24. The molecule has 1 N–H and O–H groups in total. The third-order valence-corrected chi connectivity index (χ3v) is 4.24. The number of hydrogen-bond acceptors (Lipinski definition) is 4. The SMILES string of the molecule is CC(C)(C)N(Cc1ccc(F)cc1)CC(O)CN1CCOCC1. The molecule has 0 saturated carbocycles. The first-order chi connectivity index (χ1) is 10.8. The van der Waals surface area contributed by atoms with Crippen LogP contribution in [0, 0.1) is 5.82 Å². The highest BCUT2D eigenvalue weighted by atomic mass is 19.1. The molecule has 130 valence electrons. The van der Waals surface area contributed by atoms with Gasteiger partial charge in [0.25, 0.3) is 0 Å². The van der Waals surface area contributed by atoms with Gasteiger partial charge in [0, 0.05) is 38.3 Å². The first-order valence-corrected chi connectivity index (χ1v) is 8.32. The van der Waals surface area contributed by atoms with Gasteiger partial charge < -0.3 is 9.84 Å². The van der Waals surface area contributed by atoms with Crippen molar-refractivity contribution in [3.8, 4) is 0 Å². The van der Waals surface area contributed by atoms with Gasteiger partial charge in [-0.05, 0) is 38.5 Å². The van der Waals surface area contributed by atoms with Crippen LogP contribution < -0.4 is 0 Å². The number of benzene rings is 1. The molecule has 0 amide bonds. The number of β-amino-alcohol motifs (C(OH)–C–C–N with tert-alkyl or cyclic N) is 1. The van der Waals surface area contributed by atoms with E-state index in [1.807, 2.05) is 12.1 Å². The maximum Gasteiger partial charge on any atom is 0.123 e. The van der Waals surface area contributed by atoms with E-state index in [1.165, 1.54) is 12.1 Å². The number of ether oxygens (including phenoxy) is 1. The fourth-order valence-electron chi connectivity index (χ4n) is 2.78. The van der Waals surface area contributed by atoms with Crippen molar-refractivity contribution in [3.05, 3.63) is 35.6 Å². The normalized spacial score (nSPS) is 18.3. The number of rotatable bonds is 6. The Hall–Kier alpha value is -1.01. The zero-order valence-electron chi connectivity index (χ0n) is 14.5. The van der Waals surface area contributed by atoms with Gasteiger partial charge in [-0.3, -0.25) is 9.80 Å². The Labute approximate surface area is 138 Å². The Morgan fingerprint density at radius 2 is 1.83 bits per heavy atom. The Kier molecular flexibility index (Phi) is 6.53. The summed E-state index contributed by atoms with van der Waals surface area (Å²) < 4.78 is 18.4. The van der Waals surface area contributed by atoms with Gasteiger partial charge in [-0.15, -0.1) is 0 Å². The van der Waals surface area contributed by atoms with E-state index in [2.05, 4.69) is 30.6 Å². The molecule has 1 atom stereocenters. The molecule has 2 rings (SSSR count). The van der Waals surface area contributed by atoms with Crippen LogP contribution in [-0.4, -0.2) is 65.9 Å². The average Bonchev–Trinajstić information content (AvgIpc) is 2.49. The van der Waals surface area contributed by atoms with Crippen molar-refractivity contribution in [1.82, 2.24) is 9.80 Å². The van der Waals surface area contributed by atoms with Gasteiger partial charge in [0.2, 0.25) is 0 Å². The van der Waals surface area contributed by atoms with Crippen LogP contribution in [0.3, 0.4) is 0 Å². The summed E-state index contributed by atoms with van der Waals surface area (Å²) in [5.74, 6) is -0.219. The Morgan fingerprint density at radius 1 is 1.22 bits per heavy atom. The molecular weight excluding hydrogens is 295 g/mol. The standard InChI is InChI=1S/C18H29FN2O2/c1-18(2,3)21(12-15-4-6-16(19)7-5-15)14-17(22)13-20-8-10-23-11-9-20/h4-7,17,22H,8-14H2,1-3H3. The summed E-state index contributed by atoms with van der Waals surface area (Å²) >= 11 is 0. The van der Waals surface area contributed by atoms with Gasteiger partial charge >= 0.3 is 0 Å². The average molecular weight is 324 g/mol. The molecule has 4 nitrogen and oxygen atoms in total. The van der Waals surface area contributed by atoms with Crippen molar-refractivity contribution in [2.24, 2.45) is 0 Å². The van der Waals surface area contributed by atoms with Crippen molar-refractivity contribution in [2.45, 2.75) is 39.0 Å². The number of hydrogen-bond donors (Lipinski definition) is 1. The van der Waals surface area contributed by atoms with Crippen LogP contribution >= 0.6 is 0 Å². The lowest BCUT2D eigenvalue weighted by Crippen LogP contribution is -2.49. The van der Waals surface area contributed by atoms with Crippen molar-refractivity contribution in [2.75, 3.05) is 39.4 Å². The molecule has 1 aromatic carbocycles. The molecule has 5 heteroatoms. The summed E-state index contributed by atoms with van der Waals surface area (Å²) in [7, 11) is 0. The third kappa shape index (κ3) is 6.18. The van der Waals surface area contributed by atoms with Gasteiger partial charge in [0.1, 0.15) is 5.82 Å². The lowest BCUT2D eigenvalue weighted by atomic mass is 10.0. The fraction of sp³-hybridized carbons (Fsp3) is 0.667. The molecule has 1 heterocycles. The van der Waals surface area contributed by atoms with E-state index in [0.717, 1.165) is 31.9 Å². The van der Waals surface area contributed by atoms with E-state index in [4.69, 9.17) is 4.74 Å². The molecule has 23 heavy (non-hydrogen) atoms. The molecule has 1 fully saturated rings. The Balaban J connectivity index is 1.93. The summed E-state index contributed by atoms with van der Waals surface area (Å²) in [5, 5.41) is 10.5. The Morgan fingerprint density at radius 3 is 2.39 bits per heavy atom. The molecule has 1 aliphatic heterocycles. The minimum absolute atomic E-state index is 0.0691. The molecule has 0 bridgehead atoms. The molecule has 1 saturated heterocycles.